The third kappa shape index (κ3) is 2.49. The number of hydrogen-bond acceptors (Lipinski definition) is 2. The Morgan fingerprint density at radius 1 is 0.900 bits per heavy atom. The quantitative estimate of drug-likeness (QED) is 0.530. The number of rotatable bonds is 3. The van der Waals surface area contributed by atoms with Crippen molar-refractivity contribution in [3.8, 4) is 22.5 Å². The second-order valence-corrected chi connectivity index (χ2v) is 5.48. The van der Waals surface area contributed by atoms with Crippen molar-refractivity contribution in [2.45, 2.75) is 4.90 Å². The van der Waals surface area contributed by atoms with Gasteiger partial charge >= 0.3 is 0 Å². The van der Waals surface area contributed by atoms with Gasteiger partial charge in [0, 0.05) is 10.5 Å². The summed E-state index contributed by atoms with van der Waals surface area (Å²) >= 11 is 1.75. The molecule has 0 unspecified atom stereocenters. The van der Waals surface area contributed by atoms with E-state index >= 15 is 0 Å². The van der Waals surface area contributed by atoms with Gasteiger partial charge in [-0.3, -0.25) is 0 Å². The minimum Gasteiger partial charge on any atom is -0.236 e. The van der Waals surface area contributed by atoms with Gasteiger partial charge in [0.05, 0.1) is 0 Å². The highest BCUT2D eigenvalue weighted by atomic mass is 32.2. The molecule has 1 heterocycles. The summed E-state index contributed by atoms with van der Waals surface area (Å²) < 4.78 is 7.57. The lowest BCUT2D eigenvalue weighted by molar-refractivity contribution is -0.843. The first kappa shape index (κ1) is 13.0. The van der Waals surface area contributed by atoms with Crippen LogP contribution < -0.4 is 4.74 Å². The van der Waals surface area contributed by atoms with Crippen molar-refractivity contribution in [2.24, 2.45) is 7.05 Å². The van der Waals surface area contributed by atoms with Crippen LogP contribution in [-0.2, 0) is 7.05 Å². The molecule has 3 rings (SSSR count). The van der Waals surface area contributed by atoms with Gasteiger partial charge in [-0.25, -0.2) is 4.52 Å². The van der Waals surface area contributed by atoms with Crippen molar-refractivity contribution in [1.82, 2.24) is 0 Å². The van der Waals surface area contributed by atoms with Gasteiger partial charge in [0.1, 0.15) is 5.56 Å². The summed E-state index contributed by atoms with van der Waals surface area (Å²) in [6, 6.07) is 18.8. The van der Waals surface area contributed by atoms with E-state index < -0.39 is 0 Å². The molecule has 2 aromatic carbocycles. The number of aromatic nitrogens is 1. The average molecular weight is 282 g/mol. The van der Waals surface area contributed by atoms with E-state index in [2.05, 4.69) is 42.7 Å². The van der Waals surface area contributed by atoms with Crippen LogP contribution in [0.3, 0.4) is 0 Å². The zero-order valence-electron chi connectivity index (χ0n) is 11.5. The molecule has 0 atom stereocenters. The lowest BCUT2D eigenvalue weighted by Crippen LogP contribution is -2.22. The summed E-state index contributed by atoms with van der Waals surface area (Å²) in [6.45, 7) is 0. The van der Waals surface area contributed by atoms with Crippen LogP contribution in [0.2, 0.25) is 0 Å². The average Bonchev–Trinajstić information content (AvgIpc) is 2.90. The summed E-state index contributed by atoms with van der Waals surface area (Å²) in [5.74, 6) is 0.907. The third-order valence-electron chi connectivity index (χ3n) is 3.23. The lowest BCUT2D eigenvalue weighted by Gasteiger charge is -2.00. The lowest BCUT2D eigenvalue weighted by atomic mass is 10.0. The van der Waals surface area contributed by atoms with Gasteiger partial charge in [-0.05, 0) is 28.7 Å². The van der Waals surface area contributed by atoms with Gasteiger partial charge in [-0.1, -0.05) is 42.5 Å². The van der Waals surface area contributed by atoms with Crippen molar-refractivity contribution in [2.75, 3.05) is 6.26 Å². The van der Waals surface area contributed by atoms with Crippen molar-refractivity contribution in [3.63, 3.8) is 0 Å². The summed E-state index contributed by atoms with van der Waals surface area (Å²) in [4.78, 5) is 1.27. The summed E-state index contributed by atoms with van der Waals surface area (Å²) in [5, 5.41) is 0. The predicted molar refractivity (Wildman–Crippen MR) is 82.5 cm³/mol. The Hall–Kier alpha value is -2.00. The number of benzene rings is 2. The maximum atomic E-state index is 5.82. The van der Waals surface area contributed by atoms with E-state index in [0.717, 1.165) is 16.9 Å². The van der Waals surface area contributed by atoms with E-state index in [1.54, 1.807) is 16.5 Å². The molecule has 1 aromatic heterocycles. The van der Waals surface area contributed by atoms with Crippen molar-refractivity contribution in [1.29, 1.82) is 0 Å². The van der Waals surface area contributed by atoms with Gasteiger partial charge in [0.15, 0.2) is 7.05 Å². The molecule has 0 saturated heterocycles. The van der Waals surface area contributed by atoms with Crippen LogP contribution in [0.25, 0.3) is 22.5 Å². The molecule has 20 heavy (non-hydrogen) atoms. The van der Waals surface area contributed by atoms with E-state index in [0.29, 0.717) is 0 Å². The van der Waals surface area contributed by atoms with Gasteiger partial charge < -0.3 is 0 Å². The monoisotopic (exact) mass is 282 g/mol. The summed E-state index contributed by atoms with van der Waals surface area (Å²) in [6.07, 6.45) is 4.11. The fourth-order valence-electron chi connectivity index (χ4n) is 2.23. The molecular formula is C17H16NOS+. The van der Waals surface area contributed by atoms with E-state index in [1.165, 1.54) is 10.5 Å². The van der Waals surface area contributed by atoms with Crippen LogP contribution in [0.4, 0.5) is 0 Å². The fraction of sp³-hybridized carbons (Fsp3) is 0.118. The highest BCUT2D eigenvalue weighted by Gasteiger charge is 2.18. The Morgan fingerprint density at radius 2 is 1.60 bits per heavy atom. The Labute approximate surface area is 123 Å². The molecule has 3 heteroatoms. The first-order valence-electron chi connectivity index (χ1n) is 6.48. The first-order chi connectivity index (χ1) is 9.78. The first-order valence-corrected chi connectivity index (χ1v) is 7.70. The molecular weight excluding hydrogens is 266 g/mol. The molecule has 0 aliphatic heterocycles. The minimum atomic E-state index is 0.907. The van der Waals surface area contributed by atoms with Crippen molar-refractivity contribution >= 4 is 11.8 Å². The third-order valence-corrected chi connectivity index (χ3v) is 3.97. The Bertz CT molecular complexity index is 702. The van der Waals surface area contributed by atoms with Gasteiger partial charge in [0.2, 0.25) is 12.0 Å². The molecule has 100 valence electrons. The molecule has 2 nitrogen and oxygen atoms in total. The number of thioether (sulfide) groups is 1. The Kier molecular flexibility index (Phi) is 3.61. The summed E-state index contributed by atoms with van der Waals surface area (Å²) in [7, 11) is 1.91. The van der Waals surface area contributed by atoms with Crippen LogP contribution in [0.1, 0.15) is 0 Å². The van der Waals surface area contributed by atoms with E-state index in [4.69, 9.17) is 4.52 Å². The van der Waals surface area contributed by atoms with Crippen LogP contribution in [0.15, 0.2) is 70.2 Å². The number of nitrogens with zero attached hydrogens (tertiary/aromatic N) is 1. The van der Waals surface area contributed by atoms with Gasteiger partial charge in [0.25, 0.3) is 0 Å². The Morgan fingerprint density at radius 3 is 2.25 bits per heavy atom. The summed E-state index contributed by atoms with van der Waals surface area (Å²) in [5.41, 5.74) is 3.38. The van der Waals surface area contributed by atoms with Crippen molar-refractivity contribution < 1.29 is 9.26 Å². The molecule has 0 spiro atoms. The molecule has 0 aliphatic carbocycles. The second-order valence-electron chi connectivity index (χ2n) is 4.60. The van der Waals surface area contributed by atoms with E-state index in [9.17, 15) is 0 Å². The zero-order chi connectivity index (χ0) is 13.9. The highest BCUT2D eigenvalue weighted by molar-refractivity contribution is 7.98. The van der Waals surface area contributed by atoms with Crippen LogP contribution in [-0.4, -0.2) is 6.26 Å². The molecule has 3 aromatic rings. The molecule has 0 aliphatic rings. The standard InChI is InChI=1S/C17H16NOS/c1-18-12-16(13-8-10-15(20-2)11-9-13)17(19-18)14-6-4-3-5-7-14/h3-12H,1-2H3/q+1. The Balaban J connectivity index is 2.09. The fourth-order valence-corrected chi connectivity index (χ4v) is 2.64. The SMILES string of the molecule is CSc1ccc(-c2c[n+](C)oc2-c2ccccc2)cc1. The van der Waals surface area contributed by atoms with Gasteiger partial charge in [-0.15, -0.1) is 11.8 Å². The van der Waals surface area contributed by atoms with Crippen LogP contribution in [0.5, 0.6) is 0 Å². The highest BCUT2D eigenvalue weighted by Crippen LogP contribution is 2.31. The van der Waals surface area contributed by atoms with Crippen LogP contribution in [0, 0.1) is 0 Å². The van der Waals surface area contributed by atoms with Crippen molar-refractivity contribution in [3.05, 3.63) is 60.8 Å². The minimum absolute atomic E-state index is 0.907. The predicted octanol–water partition coefficient (Wildman–Crippen LogP) is 4.16. The molecule has 0 fully saturated rings. The number of hydrogen-bond donors (Lipinski definition) is 0. The zero-order valence-corrected chi connectivity index (χ0v) is 12.4. The smallest absolute Gasteiger partial charge is 0.227 e. The van der Waals surface area contributed by atoms with Crippen LogP contribution >= 0.6 is 11.8 Å². The molecule has 0 saturated carbocycles. The molecule has 0 amide bonds. The molecule has 0 N–H and O–H groups in total. The molecule has 0 radical (unpaired) electrons. The molecule has 0 bridgehead atoms. The van der Waals surface area contributed by atoms with E-state index in [1.807, 2.05) is 31.4 Å². The van der Waals surface area contributed by atoms with E-state index in [-0.39, 0.29) is 0 Å². The maximum absolute atomic E-state index is 5.82. The van der Waals surface area contributed by atoms with Gasteiger partial charge in [-0.2, -0.15) is 0 Å². The topological polar surface area (TPSA) is 17.0 Å². The second kappa shape index (κ2) is 5.55. The number of aryl methyl sites for hydroxylation is 1. The largest absolute Gasteiger partial charge is 0.236 e. The maximum Gasteiger partial charge on any atom is 0.227 e. The normalized spacial score (nSPS) is 10.7.